The van der Waals surface area contributed by atoms with E-state index in [1.807, 2.05) is 72.9 Å². The maximum absolute atomic E-state index is 14.2. The molecule has 4 amide bonds. The molecule has 0 unspecified atom stereocenters. The van der Waals surface area contributed by atoms with E-state index in [9.17, 15) is 37.1 Å². The fourth-order valence-corrected chi connectivity index (χ4v) is 9.59. The van der Waals surface area contributed by atoms with Crippen molar-refractivity contribution in [3.63, 3.8) is 0 Å². The number of ether oxygens (including phenoxy) is 2. The first-order valence-corrected chi connectivity index (χ1v) is 23.1. The SMILES string of the molecule is COC(=O)N[C@H](Cc1c[nH]c2ccccc12)C(=O)N1CCC[C@H]1c1ncc(-c2ccc3nc(-c4ccc(-c5cnc([C@@H]6CCCN6C(=O)[C@H](C(C)C)N(C)C(=O)OC(=O)C(F)(F)F)[nH]5)cc4)cnc3c2)[nH]1. The summed E-state index contributed by atoms with van der Waals surface area (Å²) in [5, 5.41) is 3.73. The molecular formula is C50H50F3N11O7. The van der Waals surface area contributed by atoms with Crippen molar-refractivity contribution in [2.45, 2.75) is 76.3 Å². The van der Waals surface area contributed by atoms with Crippen LogP contribution < -0.4 is 5.32 Å². The number of benzene rings is 3. The van der Waals surface area contributed by atoms with Crippen LogP contribution in [0.1, 0.15) is 68.8 Å². The fraction of sp³-hybridized carbons (Fsp3) is 0.340. The van der Waals surface area contributed by atoms with Crippen LogP contribution in [0.15, 0.2) is 91.5 Å². The Morgan fingerprint density at radius 1 is 0.803 bits per heavy atom. The largest absolute Gasteiger partial charge is 0.491 e. The zero-order chi connectivity index (χ0) is 50.1. The number of alkyl carbamates (subject to hydrolysis) is 1. The van der Waals surface area contributed by atoms with Crippen LogP contribution >= 0.6 is 0 Å². The smallest absolute Gasteiger partial charge is 0.453 e. The Morgan fingerprint density at radius 2 is 1.42 bits per heavy atom. The Labute approximate surface area is 404 Å². The van der Waals surface area contributed by atoms with Crippen molar-refractivity contribution in [1.29, 1.82) is 0 Å². The number of carbonyl (C=O) groups is 5. The van der Waals surface area contributed by atoms with Gasteiger partial charge >= 0.3 is 24.3 Å². The van der Waals surface area contributed by atoms with Gasteiger partial charge in [0.2, 0.25) is 11.8 Å². The molecule has 6 heterocycles. The summed E-state index contributed by atoms with van der Waals surface area (Å²) in [4.78, 5) is 97.4. The van der Waals surface area contributed by atoms with E-state index in [0.717, 1.165) is 57.2 Å². The highest BCUT2D eigenvalue weighted by molar-refractivity contribution is 5.92. The van der Waals surface area contributed by atoms with E-state index >= 15 is 0 Å². The lowest BCUT2D eigenvalue weighted by atomic mass is 10.0. The zero-order valence-corrected chi connectivity index (χ0v) is 39.1. The fourth-order valence-electron chi connectivity index (χ4n) is 9.59. The predicted molar refractivity (Wildman–Crippen MR) is 253 cm³/mol. The number of methoxy groups -OCH3 is 1. The number of fused-ring (bicyclic) bond motifs is 2. The number of para-hydroxylation sites is 1. The number of likely N-dealkylation sites (N-methyl/N-ethyl adjacent to an activating group) is 1. The molecule has 7 aromatic rings. The molecule has 2 fully saturated rings. The van der Waals surface area contributed by atoms with Crippen LogP contribution in [0.5, 0.6) is 0 Å². The summed E-state index contributed by atoms with van der Waals surface area (Å²) >= 11 is 0. The second kappa shape index (κ2) is 19.7. The highest BCUT2D eigenvalue weighted by Crippen LogP contribution is 2.36. The minimum atomic E-state index is -5.37. The number of nitrogens with one attached hydrogen (secondary N) is 4. The topological polar surface area (TPSA) is 224 Å². The normalized spacial score (nSPS) is 16.9. The van der Waals surface area contributed by atoms with Gasteiger partial charge in [0.1, 0.15) is 23.7 Å². The molecule has 4 N–H and O–H groups in total. The summed E-state index contributed by atoms with van der Waals surface area (Å²) in [6.07, 6.45) is 2.25. The van der Waals surface area contributed by atoms with Crippen molar-refractivity contribution in [2.24, 2.45) is 5.92 Å². The van der Waals surface area contributed by atoms with Gasteiger partial charge in [-0.05, 0) is 60.9 Å². The van der Waals surface area contributed by atoms with E-state index in [2.05, 4.69) is 30.0 Å². The third-order valence-electron chi connectivity index (χ3n) is 13.1. The maximum Gasteiger partial charge on any atom is 0.491 e. The van der Waals surface area contributed by atoms with Gasteiger partial charge < -0.3 is 39.5 Å². The van der Waals surface area contributed by atoms with Crippen molar-refractivity contribution in [3.8, 4) is 33.8 Å². The molecule has 0 saturated carbocycles. The summed E-state index contributed by atoms with van der Waals surface area (Å²) in [6, 6.07) is 18.3. The number of imidazole rings is 2. The Bertz CT molecular complexity index is 3130. The molecule has 0 spiro atoms. The Morgan fingerprint density at radius 3 is 2.07 bits per heavy atom. The standard InChI is InChI=1S/C50H50F3N11O7/c1-27(2)42(62(3)49(69)71-47(67)50(51,52)53)46(66)64-20-8-12-41(64)44-56-25-38(59-44)29-15-13-28(14-16-29)37-24-55-35-21-30(17-18-34(35)58-37)39-26-57-43(60-39)40-11-7-19-63(40)45(65)36(61-48(68)70-4)22-31-23-54-33-10-6-5-9-32(31)33/h5-6,9-10,13-18,21,23-27,36,40-42,54H,7-8,11-12,19-20,22H2,1-4H3,(H,56,59)(H,57,60)(H,61,68)/t36-,40+,41+,42+/m1/s1. The number of carbonyl (C=O) groups excluding carboxylic acids is 5. The third-order valence-corrected chi connectivity index (χ3v) is 13.1. The monoisotopic (exact) mass is 973 g/mol. The lowest BCUT2D eigenvalue weighted by molar-refractivity contribution is -0.194. The first-order chi connectivity index (χ1) is 34.1. The molecule has 4 aromatic heterocycles. The molecule has 368 valence electrons. The highest BCUT2D eigenvalue weighted by atomic mass is 19.4. The first-order valence-electron chi connectivity index (χ1n) is 23.1. The van der Waals surface area contributed by atoms with Gasteiger partial charge in [0.15, 0.2) is 0 Å². The number of hydrogen-bond acceptors (Lipinski definition) is 11. The summed E-state index contributed by atoms with van der Waals surface area (Å²) in [6.45, 7) is 4.13. The number of nitrogens with zero attached hydrogens (tertiary/aromatic N) is 7. The second-order valence-electron chi connectivity index (χ2n) is 18.0. The number of halogens is 3. The van der Waals surface area contributed by atoms with E-state index in [4.69, 9.17) is 19.7 Å². The average Bonchev–Trinajstić information content (AvgIpc) is 4.23. The number of H-pyrrole nitrogens is 3. The summed E-state index contributed by atoms with van der Waals surface area (Å²) in [5.74, 6) is -2.77. The molecule has 4 atom stereocenters. The van der Waals surface area contributed by atoms with Crippen LogP contribution in [-0.2, 0) is 30.3 Å². The van der Waals surface area contributed by atoms with Crippen molar-refractivity contribution < 1.29 is 46.6 Å². The molecule has 3 aromatic carbocycles. The van der Waals surface area contributed by atoms with Gasteiger partial charge in [0.25, 0.3) is 0 Å². The van der Waals surface area contributed by atoms with Gasteiger partial charge in [-0.3, -0.25) is 19.5 Å². The first kappa shape index (κ1) is 47.9. The van der Waals surface area contributed by atoms with Crippen LogP contribution in [0.3, 0.4) is 0 Å². The molecule has 71 heavy (non-hydrogen) atoms. The number of alkyl halides is 3. The molecule has 2 aliphatic heterocycles. The number of aromatic amines is 3. The molecule has 0 radical (unpaired) electrons. The van der Waals surface area contributed by atoms with E-state index in [1.54, 1.807) is 42.2 Å². The average molecular weight is 974 g/mol. The van der Waals surface area contributed by atoms with Crippen LogP contribution in [0.2, 0.25) is 0 Å². The summed E-state index contributed by atoms with van der Waals surface area (Å²) in [7, 11) is 2.40. The molecule has 21 heteroatoms. The van der Waals surface area contributed by atoms with E-state index < -0.39 is 54.3 Å². The van der Waals surface area contributed by atoms with Gasteiger partial charge in [-0.1, -0.05) is 62.4 Å². The number of likely N-dealkylation sites (tertiary alicyclic amines) is 2. The van der Waals surface area contributed by atoms with Crippen LogP contribution in [-0.4, -0.2) is 125 Å². The molecule has 2 aliphatic rings. The molecule has 0 aliphatic carbocycles. The van der Waals surface area contributed by atoms with E-state index in [-0.39, 0.29) is 18.4 Å². The summed E-state index contributed by atoms with van der Waals surface area (Å²) in [5.41, 5.74) is 7.72. The van der Waals surface area contributed by atoms with Gasteiger partial charge in [0.05, 0.1) is 65.9 Å². The van der Waals surface area contributed by atoms with Crippen LogP contribution in [0.4, 0.5) is 22.8 Å². The number of esters is 1. The minimum Gasteiger partial charge on any atom is -0.453 e. The third kappa shape index (κ3) is 9.88. The van der Waals surface area contributed by atoms with Gasteiger partial charge in [-0.2, -0.15) is 13.2 Å². The molecule has 18 nitrogen and oxygen atoms in total. The molecule has 2 saturated heterocycles. The van der Waals surface area contributed by atoms with Crippen LogP contribution in [0, 0.1) is 5.92 Å². The van der Waals surface area contributed by atoms with Crippen LogP contribution in [0.25, 0.3) is 55.7 Å². The van der Waals surface area contributed by atoms with E-state index in [1.165, 1.54) is 7.11 Å². The minimum absolute atomic E-state index is 0.225. The molecule has 0 bridgehead atoms. The maximum atomic E-state index is 14.2. The zero-order valence-electron chi connectivity index (χ0n) is 39.1. The number of aromatic nitrogens is 7. The van der Waals surface area contributed by atoms with E-state index in [0.29, 0.717) is 66.4 Å². The van der Waals surface area contributed by atoms with Crippen molar-refractivity contribution in [1.82, 2.24) is 54.9 Å². The lowest BCUT2D eigenvalue weighted by Crippen LogP contribution is -2.52. The Balaban J connectivity index is 0.856. The number of hydrogen-bond donors (Lipinski definition) is 4. The van der Waals surface area contributed by atoms with Gasteiger partial charge in [-0.15, -0.1) is 0 Å². The predicted octanol–water partition coefficient (Wildman–Crippen LogP) is 8.03. The van der Waals surface area contributed by atoms with Crippen molar-refractivity contribution in [2.75, 3.05) is 27.2 Å². The van der Waals surface area contributed by atoms with Crippen molar-refractivity contribution >= 4 is 51.9 Å². The van der Waals surface area contributed by atoms with Gasteiger partial charge in [0, 0.05) is 54.8 Å². The van der Waals surface area contributed by atoms with Gasteiger partial charge in [-0.25, -0.2) is 29.3 Å². The highest BCUT2D eigenvalue weighted by Gasteiger charge is 2.45. The second-order valence-corrected chi connectivity index (χ2v) is 18.0. The molecular weight excluding hydrogens is 924 g/mol. The number of rotatable bonds is 12. The quantitative estimate of drug-likeness (QED) is 0.0677. The Kier molecular flexibility index (Phi) is 13.3. The summed E-state index contributed by atoms with van der Waals surface area (Å²) < 4.78 is 47.3. The lowest BCUT2D eigenvalue weighted by Gasteiger charge is -2.34. The Hall–Kier alpha value is -8.10. The number of amides is 4. The van der Waals surface area contributed by atoms with Crippen molar-refractivity contribution in [3.05, 3.63) is 109 Å². The molecule has 9 rings (SSSR count).